The fraction of sp³-hybridized carbons (Fsp3) is 0.407. The van der Waals surface area contributed by atoms with E-state index in [1.54, 1.807) is 43.5 Å². The summed E-state index contributed by atoms with van der Waals surface area (Å²) in [6.45, 7) is 2.21. The van der Waals surface area contributed by atoms with Crippen LogP contribution in [0.4, 0.5) is 0 Å². The Bertz CT molecular complexity index is 2880. The van der Waals surface area contributed by atoms with Crippen LogP contribution in [0.1, 0.15) is 133 Å². The van der Waals surface area contributed by atoms with Gasteiger partial charge in [-0.2, -0.15) is 0 Å². The number of phenolic OH excluding ortho intramolecular Hbond substituents is 1. The van der Waals surface area contributed by atoms with E-state index in [2.05, 4.69) is 17.2 Å². The Morgan fingerprint density at radius 2 is 1.70 bits per heavy atom. The fourth-order valence-electron chi connectivity index (χ4n) is 10.5. The number of ketones is 2. The third kappa shape index (κ3) is 9.81. The lowest BCUT2D eigenvalue weighted by Crippen LogP contribution is -2.67. The molecular weight excluding hydrogens is 917 g/mol. The predicted molar refractivity (Wildman–Crippen MR) is 256 cm³/mol. The van der Waals surface area contributed by atoms with Crippen molar-refractivity contribution in [1.82, 2.24) is 5.32 Å². The van der Waals surface area contributed by atoms with Crippen LogP contribution < -0.4 is 20.5 Å². The number of esters is 1. The minimum Gasteiger partial charge on any atom is -0.507 e. The van der Waals surface area contributed by atoms with E-state index >= 15 is 9.59 Å². The van der Waals surface area contributed by atoms with Gasteiger partial charge in [-0.25, -0.2) is 0 Å². The van der Waals surface area contributed by atoms with Crippen molar-refractivity contribution in [2.75, 3.05) is 13.6 Å². The van der Waals surface area contributed by atoms with E-state index in [1.807, 2.05) is 12.1 Å². The maximum atomic E-state index is 15.7. The zero-order chi connectivity index (χ0) is 51.1. The number of benzene rings is 4. The van der Waals surface area contributed by atoms with Crippen molar-refractivity contribution in [3.8, 4) is 29.1 Å². The van der Waals surface area contributed by atoms with Crippen LogP contribution >= 0.6 is 0 Å². The number of hydrogen-bond acceptors (Lipinski definition) is 17. The number of nitrogens with one attached hydrogen (secondary N) is 1. The van der Waals surface area contributed by atoms with Gasteiger partial charge in [-0.05, 0) is 105 Å². The van der Waals surface area contributed by atoms with E-state index in [9.17, 15) is 50.4 Å². The normalized spacial score (nSPS) is 26.4. The quantitative estimate of drug-likeness (QED) is 0.0316. The summed E-state index contributed by atoms with van der Waals surface area (Å²) < 4.78 is 17.9. The number of nitrogens with two attached hydrogens (primary N) is 1. The number of aromatic hydroxyl groups is 1. The Morgan fingerprint density at radius 1 is 0.958 bits per heavy atom. The van der Waals surface area contributed by atoms with Crippen molar-refractivity contribution in [3.05, 3.63) is 121 Å². The molecule has 0 radical (unpaired) electrons. The van der Waals surface area contributed by atoms with Gasteiger partial charge in [-0.1, -0.05) is 60.4 Å². The number of carbonyl (C=O) groups is 4. The average molecular weight is 975 g/mol. The molecule has 17 heteroatoms. The number of aliphatic hydroxyl groups excluding tert-OH is 4. The summed E-state index contributed by atoms with van der Waals surface area (Å²) in [7, 11) is 1.80. The van der Waals surface area contributed by atoms with Crippen molar-refractivity contribution < 1.29 is 74.2 Å². The van der Waals surface area contributed by atoms with Crippen LogP contribution in [0.5, 0.6) is 17.2 Å². The lowest BCUT2D eigenvalue weighted by Gasteiger charge is -2.44. The van der Waals surface area contributed by atoms with Crippen LogP contribution in [0.3, 0.4) is 0 Å². The minimum atomic E-state index is -3.22. The highest BCUT2D eigenvalue weighted by atomic mass is 16.7. The van der Waals surface area contributed by atoms with Crippen LogP contribution in [-0.2, 0) is 41.0 Å². The Hall–Kier alpha value is -6.14. The predicted octanol–water partition coefficient (Wildman–Crippen LogP) is 2.46. The van der Waals surface area contributed by atoms with Gasteiger partial charge in [0.25, 0.3) is 0 Å². The molecule has 3 aliphatic carbocycles. The van der Waals surface area contributed by atoms with E-state index in [4.69, 9.17) is 19.9 Å². The Kier molecular flexibility index (Phi) is 14.8. The summed E-state index contributed by atoms with van der Waals surface area (Å²) in [6, 6.07) is 12.4. The summed E-state index contributed by atoms with van der Waals surface area (Å²) in [5, 5.41) is 93.8. The van der Waals surface area contributed by atoms with Crippen LogP contribution in [-0.4, -0.2) is 121 Å². The van der Waals surface area contributed by atoms with Crippen molar-refractivity contribution in [2.24, 2.45) is 11.7 Å². The second-order valence-corrected chi connectivity index (χ2v) is 19.0. The van der Waals surface area contributed by atoms with Crippen LogP contribution in [0, 0.1) is 17.8 Å². The molecule has 0 unspecified atom stereocenters. The van der Waals surface area contributed by atoms with E-state index in [0.717, 1.165) is 12.5 Å². The molecule has 11 N–H and O–H groups in total. The number of carbonyl (C=O) groups excluding carboxylic acids is 4. The number of fused-ring (bicyclic) bond motifs is 2. The molecule has 374 valence electrons. The third-order valence-electron chi connectivity index (χ3n) is 14.0. The first-order valence-corrected chi connectivity index (χ1v) is 23.6. The molecule has 4 aromatic carbocycles. The van der Waals surface area contributed by atoms with E-state index in [-0.39, 0.29) is 75.4 Å². The lowest BCUT2D eigenvalue weighted by atomic mass is 9.75. The molecule has 1 saturated heterocycles. The summed E-state index contributed by atoms with van der Waals surface area (Å²) >= 11 is 0. The topological polar surface area (TPSA) is 296 Å². The molecule has 4 aromatic rings. The molecule has 4 aliphatic rings. The number of phenols is 1. The molecule has 4 bridgehead atoms. The molecule has 2 fully saturated rings. The van der Waals surface area contributed by atoms with E-state index in [0.29, 0.717) is 43.2 Å². The van der Waals surface area contributed by atoms with Gasteiger partial charge >= 0.3 is 5.97 Å². The minimum absolute atomic E-state index is 0.0542. The van der Waals surface area contributed by atoms with E-state index < -0.39 is 108 Å². The third-order valence-corrected chi connectivity index (χ3v) is 14.0. The zero-order valence-corrected chi connectivity index (χ0v) is 39.5. The molecule has 8 atom stereocenters. The Labute approximate surface area is 409 Å². The monoisotopic (exact) mass is 974 g/mol. The number of ether oxygens (including phenoxy) is 3. The van der Waals surface area contributed by atoms with Crippen LogP contribution in [0.25, 0.3) is 12.2 Å². The maximum absolute atomic E-state index is 15.7. The first kappa shape index (κ1) is 51.2. The van der Waals surface area contributed by atoms with Gasteiger partial charge in [0.1, 0.15) is 23.4 Å². The molecule has 17 nitrogen and oxygen atoms in total. The molecule has 0 aromatic heterocycles. The SMILES string of the molecule is CNC[C@H]1CC[C@](O)(c2cccc(Cc3c(O)c4c5c(c3O[C@H]3O[C@@H](C)[C@@H](O)C(O)(O)[C@H]3O)CC#C[C@H](N)CC[C@H](O)Cc3cccc(c3)/C=C/c3c(OC(C)=O)cc(CO)c(c3C5=O)C4=O)c2C=O)C1. The van der Waals surface area contributed by atoms with Crippen molar-refractivity contribution in [2.45, 2.75) is 120 Å². The first-order valence-electron chi connectivity index (χ1n) is 23.6. The van der Waals surface area contributed by atoms with Gasteiger partial charge in [0.15, 0.2) is 24.0 Å². The molecule has 1 heterocycles. The van der Waals surface area contributed by atoms with Gasteiger partial charge < -0.3 is 66.1 Å². The summed E-state index contributed by atoms with van der Waals surface area (Å²) in [5.74, 6) is -1.37. The lowest BCUT2D eigenvalue weighted by molar-refractivity contribution is -0.371. The second-order valence-electron chi connectivity index (χ2n) is 19.0. The van der Waals surface area contributed by atoms with Crippen LogP contribution in [0.15, 0.2) is 48.5 Å². The maximum Gasteiger partial charge on any atom is 0.308 e. The molecule has 8 rings (SSSR count). The smallest absolute Gasteiger partial charge is 0.308 e. The summed E-state index contributed by atoms with van der Waals surface area (Å²) in [4.78, 5) is 56.9. The number of rotatable bonds is 10. The molecule has 1 aliphatic heterocycles. The van der Waals surface area contributed by atoms with Crippen molar-refractivity contribution in [3.63, 3.8) is 0 Å². The van der Waals surface area contributed by atoms with Gasteiger partial charge in [0.2, 0.25) is 12.1 Å². The molecule has 71 heavy (non-hydrogen) atoms. The Morgan fingerprint density at radius 3 is 2.42 bits per heavy atom. The summed E-state index contributed by atoms with van der Waals surface area (Å²) in [5.41, 5.74) is 4.75. The zero-order valence-electron chi connectivity index (χ0n) is 39.5. The standard InChI is InChI=1S/C54H58N2O15/c1-27-50(64)54(67,68)51(65)52(69-27)71-49-37-11-6-10-34(55)14-15-35(60)20-30-8-4-7-29(19-30)13-16-36-41(70-28(2)59)22-33(25-57)42-43(36)48(63)44(37)45(47(42)62)46(61)38(49)21-32-9-5-12-40(39(32)26-58)53(66)18-17-31(23-53)24-56-3/h4-5,7-9,12-13,16,19,22,26-27,31,34-35,50-52,56-57,60-61,64-68H,11,14-15,17-18,20-21,23-25,55H2,1-3H3/b16-13+/t27-,31-,34-,35-,50+,51-,52+,53+/m0/s1. The molecule has 0 amide bonds. The molecule has 1 saturated carbocycles. The number of aliphatic hydroxyl groups is 7. The van der Waals surface area contributed by atoms with E-state index in [1.165, 1.54) is 19.1 Å². The number of hydrogen-bond donors (Lipinski definition) is 10. The fourth-order valence-corrected chi connectivity index (χ4v) is 10.5. The highest BCUT2D eigenvalue weighted by molar-refractivity contribution is 6.32. The van der Waals surface area contributed by atoms with Gasteiger partial charge in [0, 0.05) is 58.7 Å². The number of aldehydes is 1. The van der Waals surface area contributed by atoms with Crippen molar-refractivity contribution in [1.29, 1.82) is 0 Å². The molecular formula is C54H58N2O15. The summed E-state index contributed by atoms with van der Waals surface area (Å²) in [6.07, 6.45) is -3.90. The average Bonchev–Trinajstić information content (AvgIpc) is 3.72. The Balaban J connectivity index is 1.43. The van der Waals surface area contributed by atoms with Gasteiger partial charge in [-0.15, -0.1) is 0 Å². The molecule has 0 spiro atoms. The second kappa shape index (κ2) is 20.5. The van der Waals surface area contributed by atoms with Gasteiger partial charge in [0.05, 0.1) is 36.0 Å². The highest BCUT2D eigenvalue weighted by Crippen LogP contribution is 2.49. The van der Waals surface area contributed by atoms with Gasteiger partial charge in [-0.3, -0.25) is 19.2 Å². The first-order chi connectivity index (χ1) is 33.8. The largest absolute Gasteiger partial charge is 0.507 e. The van der Waals surface area contributed by atoms with Crippen molar-refractivity contribution >= 4 is 36.0 Å². The van der Waals surface area contributed by atoms with Crippen LogP contribution in [0.2, 0.25) is 0 Å². The highest BCUT2D eigenvalue weighted by Gasteiger charge is 2.55.